The van der Waals surface area contributed by atoms with E-state index < -0.39 is 23.1 Å². The maximum atomic E-state index is 13.0. The zero-order chi connectivity index (χ0) is 15.7. The van der Waals surface area contributed by atoms with E-state index in [-0.39, 0.29) is 6.54 Å². The number of hydrogen-bond donors (Lipinski definition) is 2. The third-order valence-corrected chi connectivity index (χ3v) is 4.06. The highest BCUT2D eigenvalue weighted by Crippen LogP contribution is 2.37. The summed E-state index contributed by atoms with van der Waals surface area (Å²) < 4.78 is 13.0. The fourth-order valence-electron chi connectivity index (χ4n) is 2.51. The average molecular weight is 322 g/mol. The maximum absolute atomic E-state index is 13.0. The Morgan fingerprint density at radius 1 is 1.45 bits per heavy atom. The van der Waals surface area contributed by atoms with Crippen molar-refractivity contribution in [3.8, 4) is 0 Å². The second-order valence-electron chi connectivity index (χ2n) is 5.01. The van der Waals surface area contributed by atoms with Crippen molar-refractivity contribution in [1.82, 2.24) is 10.2 Å². The van der Waals surface area contributed by atoms with E-state index in [0.717, 1.165) is 18.0 Å². The molecule has 2 heterocycles. The number of carbonyl (C=O) groups is 1. The van der Waals surface area contributed by atoms with Gasteiger partial charge in [-0.15, -0.1) is 0 Å². The van der Waals surface area contributed by atoms with Crippen LogP contribution in [-0.2, 0) is 0 Å². The standard InChI is InChI=1S/C15H13ClFN3O2/c16-15(18-7-12(17)8-19-15)11-6-13(20(9-11)14(21)22)10-4-2-1-3-5-10/h1-8,13,18H,9H2,(H,21,22)/t13-,15?/m0/s1. The second-order valence-corrected chi connectivity index (χ2v) is 5.56. The van der Waals surface area contributed by atoms with E-state index in [4.69, 9.17) is 11.6 Å². The molecule has 114 valence electrons. The second kappa shape index (κ2) is 5.46. The van der Waals surface area contributed by atoms with E-state index in [0.29, 0.717) is 5.57 Å². The average Bonchev–Trinajstić information content (AvgIpc) is 2.98. The summed E-state index contributed by atoms with van der Waals surface area (Å²) in [6.45, 7) is 0.0954. The van der Waals surface area contributed by atoms with Gasteiger partial charge in [-0.05, 0) is 5.56 Å². The maximum Gasteiger partial charge on any atom is 0.408 e. The predicted molar refractivity (Wildman–Crippen MR) is 81.4 cm³/mol. The molecule has 0 saturated carbocycles. The van der Waals surface area contributed by atoms with E-state index in [9.17, 15) is 14.3 Å². The Hall–Kier alpha value is -2.34. The molecule has 0 spiro atoms. The van der Waals surface area contributed by atoms with Crippen LogP contribution in [0.25, 0.3) is 0 Å². The molecule has 0 aromatic heterocycles. The largest absolute Gasteiger partial charge is 0.465 e. The van der Waals surface area contributed by atoms with Crippen LogP contribution in [0.1, 0.15) is 11.6 Å². The highest BCUT2D eigenvalue weighted by atomic mass is 35.5. The molecule has 1 aromatic carbocycles. The van der Waals surface area contributed by atoms with Crippen LogP contribution in [0.5, 0.6) is 0 Å². The zero-order valence-corrected chi connectivity index (χ0v) is 12.2. The van der Waals surface area contributed by atoms with Gasteiger partial charge in [0.15, 0.2) is 5.83 Å². The van der Waals surface area contributed by atoms with Gasteiger partial charge in [0.2, 0.25) is 5.12 Å². The minimum atomic E-state index is -1.35. The van der Waals surface area contributed by atoms with Crippen molar-refractivity contribution < 1.29 is 14.3 Å². The minimum Gasteiger partial charge on any atom is -0.465 e. The molecule has 0 saturated heterocycles. The lowest BCUT2D eigenvalue weighted by Gasteiger charge is -2.27. The lowest BCUT2D eigenvalue weighted by molar-refractivity contribution is 0.143. The number of allylic oxidation sites excluding steroid dienone is 1. The normalized spacial score (nSPS) is 27.2. The van der Waals surface area contributed by atoms with Crippen molar-refractivity contribution in [1.29, 1.82) is 0 Å². The highest BCUT2D eigenvalue weighted by molar-refractivity contribution is 6.26. The monoisotopic (exact) mass is 321 g/mol. The molecule has 0 radical (unpaired) electrons. The summed E-state index contributed by atoms with van der Waals surface area (Å²) in [5.74, 6) is -0.537. The topological polar surface area (TPSA) is 64.9 Å². The lowest BCUT2D eigenvalue weighted by Crippen LogP contribution is -2.41. The van der Waals surface area contributed by atoms with Crippen LogP contribution in [0, 0.1) is 0 Å². The Kier molecular flexibility index (Phi) is 3.62. The van der Waals surface area contributed by atoms with Gasteiger partial charge in [0, 0.05) is 11.8 Å². The number of alkyl halides is 1. The molecule has 2 aliphatic heterocycles. The molecule has 3 rings (SSSR count). The molecule has 2 aliphatic rings. The molecule has 1 unspecified atom stereocenters. The number of rotatable bonds is 2. The SMILES string of the molecule is O=C(O)N1CC(C2(Cl)N=CC(F)=CN2)=C[C@H]1c1ccccc1. The number of benzene rings is 1. The number of halogens is 2. The Balaban J connectivity index is 1.94. The molecular formula is C15H13ClFN3O2. The van der Waals surface area contributed by atoms with Gasteiger partial charge in [0.05, 0.1) is 18.8 Å². The van der Waals surface area contributed by atoms with E-state index in [1.165, 1.54) is 4.90 Å². The molecule has 1 amide bonds. The van der Waals surface area contributed by atoms with Gasteiger partial charge < -0.3 is 10.4 Å². The van der Waals surface area contributed by atoms with Gasteiger partial charge in [-0.2, -0.15) is 0 Å². The van der Waals surface area contributed by atoms with Crippen LogP contribution in [0.4, 0.5) is 9.18 Å². The molecule has 0 aliphatic carbocycles. The number of carboxylic acid groups (broad SMARTS) is 1. The van der Waals surface area contributed by atoms with Gasteiger partial charge >= 0.3 is 6.09 Å². The Morgan fingerprint density at radius 2 is 2.18 bits per heavy atom. The molecule has 2 atom stereocenters. The van der Waals surface area contributed by atoms with Crippen molar-refractivity contribution in [2.24, 2.45) is 4.99 Å². The van der Waals surface area contributed by atoms with Crippen LogP contribution >= 0.6 is 11.6 Å². The van der Waals surface area contributed by atoms with Crippen LogP contribution in [0.3, 0.4) is 0 Å². The minimum absolute atomic E-state index is 0.0954. The summed E-state index contributed by atoms with van der Waals surface area (Å²) in [7, 11) is 0. The molecule has 2 N–H and O–H groups in total. The fraction of sp³-hybridized carbons (Fsp3) is 0.200. The number of aliphatic imine (C=N–C) groups is 1. The number of hydrogen-bond acceptors (Lipinski definition) is 3. The number of nitrogens with zero attached hydrogens (tertiary/aromatic N) is 2. The summed E-state index contributed by atoms with van der Waals surface area (Å²) in [5.41, 5.74) is 1.40. The fourth-order valence-corrected chi connectivity index (χ4v) is 2.73. The van der Waals surface area contributed by atoms with Gasteiger partial charge in [0.25, 0.3) is 0 Å². The first kappa shape index (κ1) is 14.6. The predicted octanol–water partition coefficient (Wildman–Crippen LogP) is 3.03. The number of nitrogens with one attached hydrogen (secondary N) is 1. The quantitative estimate of drug-likeness (QED) is 0.500. The van der Waals surface area contributed by atoms with Crippen molar-refractivity contribution in [3.63, 3.8) is 0 Å². The van der Waals surface area contributed by atoms with E-state index in [1.54, 1.807) is 6.08 Å². The third-order valence-electron chi connectivity index (χ3n) is 3.61. The van der Waals surface area contributed by atoms with Gasteiger partial charge in [-0.3, -0.25) is 4.90 Å². The Morgan fingerprint density at radius 3 is 2.77 bits per heavy atom. The van der Waals surface area contributed by atoms with Crippen LogP contribution < -0.4 is 5.32 Å². The molecule has 7 heteroatoms. The first-order valence-electron chi connectivity index (χ1n) is 6.63. The number of amides is 1. The molecule has 1 aromatic rings. The van der Waals surface area contributed by atoms with Crippen molar-refractivity contribution >= 4 is 23.9 Å². The van der Waals surface area contributed by atoms with E-state index >= 15 is 0 Å². The van der Waals surface area contributed by atoms with E-state index in [1.807, 2.05) is 30.3 Å². The molecular weight excluding hydrogens is 309 g/mol. The molecule has 22 heavy (non-hydrogen) atoms. The highest BCUT2D eigenvalue weighted by Gasteiger charge is 2.40. The van der Waals surface area contributed by atoms with Crippen molar-refractivity contribution in [2.75, 3.05) is 6.54 Å². The Bertz CT molecular complexity index is 689. The third kappa shape index (κ3) is 2.57. The van der Waals surface area contributed by atoms with Crippen LogP contribution in [0.2, 0.25) is 0 Å². The first-order valence-corrected chi connectivity index (χ1v) is 7.00. The first-order chi connectivity index (χ1) is 10.5. The van der Waals surface area contributed by atoms with Gasteiger partial charge in [0.1, 0.15) is 0 Å². The molecule has 5 nitrogen and oxygen atoms in total. The lowest BCUT2D eigenvalue weighted by atomic mass is 10.1. The van der Waals surface area contributed by atoms with Crippen molar-refractivity contribution in [2.45, 2.75) is 11.2 Å². The van der Waals surface area contributed by atoms with Crippen molar-refractivity contribution in [3.05, 3.63) is 59.6 Å². The van der Waals surface area contributed by atoms with Crippen LogP contribution in [-0.4, -0.2) is 34.0 Å². The summed E-state index contributed by atoms with van der Waals surface area (Å²) in [6, 6.07) is 8.78. The summed E-state index contributed by atoms with van der Waals surface area (Å²) in [4.78, 5) is 16.7. The molecule has 0 fully saturated rings. The summed E-state index contributed by atoms with van der Waals surface area (Å²) >= 11 is 6.36. The van der Waals surface area contributed by atoms with E-state index in [2.05, 4.69) is 10.3 Å². The van der Waals surface area contributed by atoms with Gasteiger partial charge in [-0.1, -0.05) is 48.0 Å². The van der Waals surface area contributed by atoms with Gasteiger partial charge in [-0.25, -0.2) is 14.2 Å². The summed E-state index contributed by atoms with van der Waals surface area (Å²) in [5, 5.41) is 10.7. The van der Waals surface area contributed by atoms with Crippen LogP contribution in [0.15, 0.2) is 59.0 Å². The smallest absolute Gasteiger partial charge is 0.408 e. The molecule has 0 bridgehead atoms. The summed E-state index contributed by atoms with van der Waals surface area (Å²) in [6.07, 6.45) is 2.83. The zero-order valence-electron chi connectivity index (χ0n) is 11.4. The Labute approximate surface area is 131 Å².